The Morgan fingerprint density at radius 2 is 1.00 bits per heavy atom. The predicted octanol–water partition coefficient (Wildman–Crippen LogP) is 6.25. The van der Waals surface area contributed by atoms with Crippen molar-refractivity contribution >= 4 is 5.71 Å². The number of ether oxygens (including phenoxy) is 3. The molecule has 182 valence electrons. The van der Waals surface area contributed by atoms with Gasteiger partial charge < -0.3 is 14.2 Å². The number of hydrogen-bond acceptors (Lipinski definition) is 4. The van der Waals surface area contributed by atoms with Crippen LogP contribution in [0.1, 0.15) is 22.3 Å². The normalized spacial score (nSPS) is 19.2. The van der Waals surface area contributed by atoms with Crippen LogP contribution >= 0.6 is 0 Å². The molecule has 4 nitrogen and oxygen atoms in total. The van der Waals surface area contributed by atoms with Gasteiger partial charge in [-0.05, 0) is 22.3 Å². The first-order valence-corrected chi connectivity index (χ1v) is 12.4. The first-order valence-electron chi connectivity index (χ1n) is 12.4. The fraction of sp³-hybridized carbons (Fsp3) is 0.219. The highest BCUT2D eigenvalue weighted by Gasteiger charge is 2.41. The molecule has 4 aromatic rings. The molecule has 0 saturated heterocycles. The van der Waals surface area contributed by atoms with Gasteiger partial charge in [0.2, 0.25) is 0 Å². The third kappa shape index (κ3) is 6.35. The second-order valence-electron chi connectivity index (χ2n) is 8.93. The van der Waals surface area contributed by atoms with Crippen molar-refractivity contribution in [2.24, 2.45) is 4.99 Å². The third-order valence-corrected chi connectivity index (χ3v) is 6.28. The van der Waals surface area contributed by atoms with E-state index in [0.29, 0.717) is 26.4 Å². The van der Waals surface area contributed by atoms with Gasteiger partial charge in [0.15, 0.2) is 0 Å². The number of benzene rings is 4. The van der Waals surface area contributed by atoms with Gasteiger partial charge in [-0.2, -0.15) is 0 Å². The highest BCUT2D eigenvalue weighted by Crippen LogP contribution is 2.28. The van der Waals surface area contributed by atoms with Crippen LogP contribution in [0.15, 0.2) is 126 Å². The van der Waals surface area contributed by atoms with E-state index in [9.17, 15) is 0 Å². The molecule has 1 aliphatic rings. The molecule has 36 heavy (non-hydrogen) atoms. The molecular weight excluding hydrogens is 446 g/mol. The van der Waals surface area contributed by atoms with Gasteiger partial charge in [0.25, 0.3) is 0 Å². The molecule has 0 radical (unpaired) electrons. The predicted molar refractivity (Wildman–Crippen MR) is 143 cm³/mol. The standard InChI is InChI=1S/C32H31NO3/c1-5-13-25(14-6-1)21-34-24-29-31(35-22-26-15-7-2-8-16-26)32(36-23-27-17-9-3-10-18-27)30(33-29)28-19-11-4-12-20-28/h1-20,29,31-32H,21-24H2/t29-,31-,32-/m1/s1. The van der Waals surface area contributed by atoms with Crippen LogP contribution in [0.2, 0.25) is 0 Å². The molecule has 4 heteroatoms. The molecule has 0 aromatic heterocycles. The van der Waals surface area contributed by atoms with E-state index in [2.05, 4.69) is 48.5 Å². The van der Waals surface area contributed by atoms with Gasteiger partial charge in [-0.3, -0.25) is 4.99 Å². The van der Waals surface area contributed by atoms with Gasteiger partial charge in [-0.1, -0.05) is 121 Å². The smallest absolute Gasteiger partial charge is 0.128 e. The van der Waals surface area contributed by atoms with Crippen LogP contribution in [0, 0.1) is 0 Å². The summed E-state index contributed by atoms with van der Waals surface area (Å²) >= 11 is 0. The summed E-state index contributed by atoms with van der Waals surface area (Å²) in [7, 11) is 0. The fourth-order valence-corrected chi connectivity index (χ4v) is 4.43. The zero-order chi connectivity index (χ0) is 24.4. The van der Waals surface area contributed by atoms with Crippen LogP contribution < -0.4 is 0 Å². The van der Waals surface area contributed by atoms with Crippen molar-refractivity contribution < 1.29 is 14.2 Å². The molecule has 0 N–H and O–H groups in total. The summed E-state index contributed by atoms with van der Waals surface area (Å²) in [5, 5.41) is 0. The van der Waals surface area contributed by atoms with Crippen molar-refractivity contribution in [3.05, 3.63) is 144 Å². The molecule has 4 aromatic carbocycles. The van der Waals surface area contributed by atoms with E-state index in [-0.39, 0.29) is 18.2 Å². The summed E-state index contributed by atoms with van der Waals surface area (Å²) in [5.41, 5.74) is 5.35. The lowest BCUT2D eigenvalue weighted by atomic mass is 10.0. The lowest BCUT2D eigenvalue weighted by Crippen LogP contribution is -2.40. The minimum atomic E-state index is -0.304. The number of nitrogens with zero attached hydrogens (tertiary/aromatic N) is 1. The maximum atomic E-state index is 6.54. The quantitative estimate of drug-likeness (QED) is 0.257. The molecule has 3 atom stereocenters. The highest BCUT2D eigenvalue weighted by atomic mass is 16.5. The van der Waals surface area contributed by atoms with Crippen molar-refractivity contribution in [1.82, 2.24) is 0 Å². The highest BCUT2D eigenvalue weighted by molar-refractivity contribution is 6.05. The molecule has 0 unspecified atom stereocenters. The maximum absolute atomic E-state index is 6.54. The van der Waals surface area contributed by atoms with Crippen molar-refractivity contribution in [1.29, 1.82) is 0 Å². The Balaban J connectivity index is 1.37. The van der Waals surface area contributed by atoms with Crippen LogP contribution in [0.25, 0.3) is 0 Å². The van der Waals surface area contributed by atoms with Crippen molar-refractivity contribution in [3.63, 3.8) is 0 Å². The van der Waals surface area contributed by atoms with E-state index in [0.717, 1.165) is 28.0 Å². The summed E-state index contributed by atoms with van der Waals surface area (Å²) in [6.45, 7) is 1.97. The number of aliphatic imine (C=N–C) groups is 1. The van der Waals surface area contributed by atoms with Gasteiger partial charge in [0.1, 0.15) is 18.2 Å². The van der Waals surface area contributed by atoms with Crippen LogP contribution in [0.5, 0.6) is 0 Å². The molecular formula is C32H31NO3. The van der Waals surface area contributed by atoms with Crippen LogP contribution in [0.3, 0.4) is 0 Å². The Kier molecular flexibility index (Phi) is 8.32. The molecule has 0 saturated carbocycles. The van der Waals surface area contributed by atoms with E-state index in [1.807, 2.05) is 72.8 Å². The first-order chi connectivity index (χ1) is 17.9. The van der Waals surface area contributed by atoms with Gasteiger partial charge in [0, 0.05) is 0 Å². The van der Waals surface area contributed by atoms with Crippen molar-refractivity contribution in [2.75, 3.05) is 6.61 Å². The summed E-state index contributed by atoms with van der Waals surface area (Å²) in [6, 6.07) is 40.8. The summed E-state index contributed by atoms with van der Waals surface area (Å²) in [6.07, 6.45) is -0.568. The van der Waals surface area contributed by atoms with Gasteiger partial charge in [-0.25, -0.2) is 0 Å². The summed E-state index contributed by atoms with van der Waals surface area (Å²) in [5.74, 6) is 0. The number of rotatable bonds is 11. The van der Waals surface area contributed by atoms with E-state index in [1.165, 1.54) is 0 Å². The third-order valence-electron chi connectivity index (χ3n) is 6.28. The molecule has 0 aliphatic carbocycles. The Labute approximate surface area is 213 Å². The molecule has 0 bridgehead atoms. The van der Waals surface area contributed by atoms with Crippen molar-refractivity contribution in [3.8, 4) is 0 Å². The fourth-order valence-electron chi connectivity index (χ4n) is 4.43. The Bertz CT molecular complexity index is 1210. The minimum Gasteiger partial charge on any atom is -0.374 e. The van der Waals surface area contributed by atoms with Crippen LogP contribution in [-0.2, 0) is 34.0 Å². The molecule has 1 heterocycles. The average Bonchev–Trinajstić information content (AvgIpc) is 3.30. The van der Waals surface area contributed by atoms with Gasteiger partial charge in [-0.15, -0.1) is 0 Å². The Morgan fingerprint density at radius 3 is 1.56 bits per heavy atom. The van der Waals surface area contributed by atoms with E-state index in [4.69, 9.17) is 19.2 Å². The second-order valence-corrected chi connectivity index (χ2v) is 8.93. The SMILES string of the molecule is c1ccc(COC[C@H]2N=C(c3ccccc3)[C@@H](OCc3ccccc3)[C@@H]2OCc2ccccc2)cc1. The van der Waals surface area contributed by atoms with E-state index in [1.54, 1.807) is 0 Å². The average molecular weight is 478 g/mol. The lowest BCUT2D eigenvalue weighted by molar-refractivity contribution is -0.0691. The van der Waals surface area contributed by atoms with Gasteiger partial charge in [0.05, 0.1) is 32.1 Å². The number of hydrogen-bond donors (Lipinski definition) is 0. The lowest BCUT2D eigenvalue weighted by Gasteiger charge is -2.26. The Hall–Kier alpha value is -3.57. The monoisotopic (exact) mass is 477 g/mol. The Morgan fingerprint density at radius 1 is 0.528 bits per heavy atom. The molecule has 0 spiro atoms. The van der Waals surface area contributed by atoms with E-state index < -0.39 is 0 Å². The molecule has 5 rings (SSSR count). The molecule has 1 aliphatic heterocycles. The van der Waals surface area contributed by atoms with Crippen LogP contribution in [-0.4, -0.2) is 30.6 Å². The molecule has 0 fully saturated rings. The minimum absolute atomic E-state index is 0.173. The summed E-state index contributed by atoms with van der Waals surface area (Å²) < 4.78 is 19.2. The maximum Gasteiger partial charge on any atom is 0.128 e. The molecule has 0 amide bonds. The van der Waals surface area contributed by atoms with Gasteiger partial charge >= 0.3 is 0 Å². The zero-order valence-corrected chi connectivity index (χ0v) is 20.3. The van der Waals surface area contributed by atoms with Crippen molar-refractivity contribution in [2.45, 2.75) is 38.1 Å². The summed E-state index contributed by atoms with van der Waals surface area (Å²) in [4.78, 5) is 5.12. The topological polar surface area (TPSA) is 40.0 Å². The van der Waals surface area contributed by atoms with Crippen LogP contribution in [0.4, 0.5) is 0 Å². The van der Waals surface area contributed by atoms with E-state index >= 15 is 0 Å². The zero-order valence-electron chi connectivity index (χ0n) is 20.3. The second kappa shape index (κ2) is 12.4. The largest absolute Gasteiger partial charge is 0.374 e. The first kappa shape index (κ1) is 24.1.